The number of thioether (sulfide) groups is 1. The zero-order valence-corrected chi connectivity index (χ0v) is 9.87. The first-order valence-electron chi connectivity index (χ1n) is 5.08. The Bertz CT molecular complexity index is 597. The minimum atomic E-state index is -0.331. The maximum atomic E-state index is 11.9. The van der Waals surface area contributed by atoms with Crippen molar-refractivity contribution < 1.29 is 9.59 Å². The van der Waals surface area contributed by atoms with Gasteiger partial charge in [0, 0.05) is 5.56 Å². The van der Waals surface area contributed by atoms with Crippen molar-refractivity contribution >= 4 is 32.8 Å². The number of hydrogen-bond acceptors (Lipinski definition) is 3. The van der Waals surface area contributed by atoms with E-state index < -0.39 is 0 Å². The Labute approximate surface area is 103 Å². The Morgan fingerprint density at radius 3 is 2.53 bits per heavy atom. The van der Waals surface area contributed by atoms with Gasteiger partial charge in [-0.05, 0) is 34.7 Å². The minimum absolute atomic E-state index is 0.244. The molecule has 3 heteroatoms. The van der Waals surface area contributed by atoms with Gasteiger partial charge in [0.15, 0.2) is 0 Å². The minimum Gasteiger partial charge on any atom is -0.282 e. The third-order valence-corrected chi connectivity index (χ3v) is 3.14. The van der Waals surface area contributed by atoms with E-state index in [1.807, 2.05) is 36.4 Å². The van der Waals surface area contributed by atoms with Gasteiger partial charge in [0.05, 0.1) is 0 Å². The number of benzene rings is 2. The van der Waals surface area contributed by atoms with E-state index >= 15 is 0 Å². The van der Waals surface area contributed by atoms with E-state index in [4.69, 9.17) is 0 Å². The van der Waals surface area contributed by atoms with Crippen LogP contribution in [0.2, 0.25) is 0 Å². The van der Waals surface area contributed by atoms with Crippen LogP contribution in [0.15, 0.2) is 55.1 Å². The Morgan fingerprint density at radius 2 is 1.76 bits per heavy atom. The highest BCUT2D eigenvalue weighted by atomic mass is 32.2. The van der Waals surface area contributed by atoms with Crippen LogP contribution in [-0.2, 0) is 4.79 Å². The molecule has 0 N–H and O–H groups in total. The van der Waals surface area contributed by atoms with Gasteiger partial charge in [0.2, 0.25) is 10.2 Å². The quantitative estimate of drug-likeness (QED) is 0.757. The van der Waals surface area contributed by atoms with E-state index in [9.17, 15) is 9.59 Å². The van der Waals surface area contributed by atoms with E-state index in [2.05, 4.69) is 6.58 Å². The molecule has 2 nitrogen and oxygen atoms in total. The summed E-state index contributed by atoms with van der Waals surface area (Å²) in [4.78, 5) is 23.1. The number of carbonyl (C=O) groups is 2. The first-order valence-corrected chi connectivity index (χ1v) is 5.90. The second kappa shape index (κ2) is 4.97. The summed E-state index contributed by atoms with van der Waals surface area (Å²) in [6.07, 6.45) is 1.15. The summed E-state index contributed by atoms with van der Waals surface area (Å²) in [6.45, 7) is 3.35. The molecule has 0 unspecified atom stereocenters. The van der Waals surface area contributed by atoms with Gasteiger partial charge in [0.1, 0.15) is 0 Å². The van der Waals surface area contributed by atoms with E-state index in [-0.39, 0.29) is 10.2 Å². The summed E-state index contributed by atoms with van der Waals surface area (Å²) in [5.41, 5.74) is 0.559. The molecular formula is C14H10O2S. The number of fused-ring (bicyclic) bond motifs is 1. The number of carbonyl (C=O) groups excluding carboxylic acids is 2. The normalized spacial score (nSPS) is 10.1. The molecule has 0 aliphatic rings. The van der Waals surface area contributed by atoms with Gasteiger partial charge in [-0.25, -0.2) is 0 Å². The van der Waals surface area contributed by atoms with Crippen molar-refractivity contribution in [3.63, 3.8) is 0 Å². The molecule has 0 heterocycles. The van der Waals surface area contributed by atoms with Crippen molar-refractivity contribution in [3.8, 4) is 0 Å². The summed E-state index contributed by atoms with van der Waals surface area (Å²) in [5, 5.41) is 1.28. The number of hydrogen-bond donors (Lipinski definition) is 0. The summed E-state index contributed by atoms with van der Waals surface area (Å²) < 4.78 is 0. The lowest BCUT2D eigenvalue weighted by molar-refractivity contribution is -0.106. The molecule has 0 saturated heterocycles. The van der Waals surface area contributed by atoms with Crippen LogP contribution in [-0.4, -0.2) is 10.2 Å². The maximum absolute atomic E-state index is 11.9. The van der Waals surface area contributed by atoms with Crippen molar-refractivity contribution in [3.05, 3.63) is 60.7 Å². The fourth-order valence-corrected chi connectivity index (χ4v) is 2.15. The lowest BCUT2D eigenvalue weighted by Crippen LogP contribution is -1.98. The summed E-state index contributed by atoms with van der Waals surface area (Å²) in [5.74, 6) is 0. The van der Waals surface area contributed by atoms with Crippen LogP contribution in [0.3, 0.4) is 0 Å². The fraction of sp³-hybridized carbons (Fsp3) is 0. The lowest BCUT2D eigenvalue weighted by atomic mass is 10.1. The van der Waals surface area contributed by atoms with E-state index in [0.29, 0.717) is 17.3 Å². The maximum Gasteiger partial charge on any atom is 0.227 e. The van der Waals surface area contributed by atoms with Gasteiger partial charge >= 0.3 is 0 Å². The molecule has 0 saturated carbocycles. The predicted octanol–water partition coefficient (Wildman–Crippen LogP) is 3.43. The van der Waals surface area contributed by atoms with Gasteiger partial charge in [0.25, 0.3) is 0 Å². The van der Waals surface area contributed by atoms with Gasteiger partial charge in [-0.15, -0.1) is 0 Å². The lowest BCUT2D eigenvalue weighted by Gasteiger charge is -2.03. The van der Waals surface area contributed by atoms with Gasteiger partial charge in [-0.1, -0.05) is 43.0 Å². The van der Waals surface area contributed by atoms with Crippen molar-refractivity contribution in [1.82, 2.24) is 0 Å². The van der Waals surface area contributed by atoms with E-state index in [1.54, 1.807) is 6.07 Å². The Balaban J connectivity index is 2.45. The highest BCUT2D eigenvalue weighted by Gasteiger charge is 2.13. The molecule has 0 amide bonds. The molecule has 0 fully saturated rings. The molecule has 0 atom stereocenters. The Morgan fingerprint density at radius 1 is 1.06 bits per heavy atom. The SMILES string of the molecule is C=CC(=O)SC(=O)c1cccc2ccccc12. The topological polar surface area (TPSA) is 34.1 Å². The molecule has 0 spiro atoms. The van der Waals surface area contributed by atoms with Crippen LogP contribution in [0.25, 0.3) is 10.8 Å². The highest BCUT2D eigenvalue weighted by molar-refractivity contribution is 8.26. The monoisotopic (exact) mass is 242 g/mol. The summed E-state index contributed by atoms with van der Waals surface area (Å²) in [6, 6.07) is 13.1. The second-order valence-electron chi connectivity index (χ2n) is 3.44. The molecule has 2 rings (SSSR count). The molecule has 0 bridgehead atoms. The average Bonchev–Trinajstić information content (AvgIpc) is 2.37. The number of rotatable bonds is 2. The molecule has 0 aromatic heterocycles. The van der Waals surface area contributed by atoms with Crippen molar-refractivity contribution in [2.45, 2.75) is 0 Å². The molecule has 84 valence electrons. The molecule has 0 radical (unpaired) electrons. The van der Waals surface area contributed by atoms with E-state index in [1.165, 1.54) is 0 Å². The van der Waals surface area contributed by atoms with Crippen LogP contribution in [0.1, 0.15) is 10.4 Å². The standard InChI is InChI=1S/C14H10O2S/c1-2-13(15)17-14(16)12-9-5-7-10-6-3-4-8-11(10)12/h2-9H,1H2. The van der Waals surface area contributed by atoms with Crippen LogP contribution in [0.4, 0.5) is 0 Å². The highest BCUT2D eigenvalue weighted by Crippen LogP contribution is 2.23. The molecule has 0 aliphatic carbocycles. The Hall–Kier alpha value is -1.87. The van der Waals surface area contributed by atoms with Gasteiger partial charge in [-0.3, -0.25) is 9.59 Å². The third kappa shape index (κ3) is 2.45. The molecule has 2 aromatic rings. The van der Waals surface area contributed by atoms with Gasteiger partial charge in [-0.2, -0.15) is 0 Å². The average molecular weight is 242 g/mol. The van der Waals surface area contributed by atoms with Crippen LogP contribution >= 0.6 is 11.8 Å². The smallest absolute Gasteiger partial charge is 0.227 e. The molecule has 2 aromatic carbocycles. The summed E-state index contributed by atoms with van der Waals surface area (Å²) >= 11 is 0.672. The van der Waals surface area contributed by atoms with Gasteiger partial charge < -0.3 is 0 Å². The van der Waals surface area contributed by atoms with E-state index in [0.717, 1.165) is 16.8 Å². The molecule has 17 heavy (non-hydrogen) atoms. The first-order chi connectivity index (χ1) is 8.22. The van der Waals surface area contributed by atoms with Crippen molar-refractivity contribution in [2.24, 2.45) is 0 Å². The molecule has 0 aliphatic heterocycles. The van der Waals surface area contributed by atoms with Crippen LogP contribution in [0, 0.1) is 0 Å². The second-order valence-corrected chi connectivity index (χ2v) is 4.42. The fourth-order valence-electron chi connectivity index (χ4n) is 1.59. The van der Waals surface area contributed by atoms with Crippen molar-refractivity contribution in [1.29, 1.82) is 0 Å². The largest absolute Gasteiger partial charge is 0.282 e. The predicted molar refractivity (Wildman–Crippen MR) is 71.1 cm³/mol. The molecular weight excluding hydrogens is 232 g/mol. The van der Waals surface area contributed by atoms with Crippen LogP contribution in [0.5, 0.6) is 0 Å². The zero-order chi connectivity index (χ0) is 12.3. The summed E-state index contributed by atoms with van der Waals surface area (Å²) in [7, 11) is 0. The Kier molecular flexibility index (Phi) is 3.40. The van der Waals surface area contributed by atoms with Crippen molar-refractivity contribution in [2.75, 3.05) is 0 Å². The van der Waals surface area contributed by atoms with Crippen LogP contribution < -0.4 is 0 Å². The zero-order valence-electron chi connectivity index (χ0n) is 9.05. The first kappa shape index (κ1) is 11.6. The third-order valence-electron chi connectivity index (χ3n) is 2.37.